The van der Waals surface area contributed by atoms with Gasteiger partial charge >= 0.3 is 10.1 Å². The van der Waals surface area contributed by atoms with Gasteiger partial charge in [0.15, 0.2) is 0 Å². The molecule has 10 heteroatoms. The summed E-state index contributed by atoms with van der Waals surface area (Å²) in [6.45, 7) is 1.77. The summed E-state index contributed by atoms with van der Waals surface area (Å²) < 4.78 is 30.0. The first-order valence-electron chi connectivity index (χ1n) is 8.32. The minimum Gasteiger partial charge on any atom is -0.733 e. The zero-order valence-corrected chi connectivity index (χ0v) is 15.7. The van der Waals surface area contributed by atoms with Crippen LogP contribution in [-0.2, 0) is 14.4 Å². The third kappa shape index (κ3) is 3.13. The molecule has 0 aliphatic carbocycles. The highest BCUT2D eigenvalue weighted by atomic mass is 32.2. The Kier molecular flexibility index (Phi) is 4.35. The summed E-state index contributed by atoms with van der Waals surface area (Å²) in [5, 5.41) is 20.8. The van der Waals surface area contributed by atoms with Gasteiger partial charge in [-0.05, 0) is 42.6 Å². The maximum absolute atomic E-state index is 12.9. The van der Waals surface area contributed by atoms with Crippen molar-refractivity contribution in [2.24, 2.45) is 0 Å². The number of nitrogens with zero attached hydrogens (tertiary/aromatic N) is 2. The number of hydroxylamine groups is 2. The van der Waals surface area contributed by atoms with Crippen molar-refractivity contribution in [2.75, 3.05) is 5.23 Å². The van der Waals surface area contributed by atoms with Crippen LogP contribution in [0.3, 0.4) is 0 Å². The van der Waals surface area contributed by atoms with Crippen molar-refractivity contribution in [1.82, 2.24) is 5.06 Å². The molecule has 148 valence electrons. The van der Waals surface area contributed by atoms with Gasteiger partial charge < -0.3 is 10.4 Å². The summed E-state index contributed by atoms with van der Waals surface area (Å²) in [5.41, 5.74) is 0.432. The van der Waals surface area contributed by atoms with Gasteiger partial charge in [-0.25, -0.2) is 0 Å². The fourth-order valence-electron chi connectivity index (χ4n) is 3.09. The van der Waals surface area contributed by atoms with E-state index in [4.69, 9.17) is 4.28 Å². The van der Waals surface area contributed by atoms with Crippen molar-refractivity contribution < 1.29 is 27.5 Å². The topological polar surface area (TPSA) is 127 Å². The van der Waals surface area contributed by atoms with Crippen molar-refractivity contribution in [3.8, 4) is 0 Å². The van der Waals surface area contributed by atoms with E-state index in [1.165, 1.54) is 30.3 Å². The molecule has 29 heavy (non-hydrogen) atoms. The third-order valence-corrected chi connectivity index (χ3v) is 5.69. The quantitative estimate of drug-likeness (QED) is 0.511. The number of carbonyl (C=O) groups excluding carboxylic acids is 2. The summed E-state index contributed by atoms with van der Waals surface area (Å²) in [7, 11) is -4.48. The Bertz CT molecular complexity index is 1270. The van der Waals surface area contributed by atoms with E-state index in [1.54, 1.807) is 25.1 Å². The number of amides is 2. The summed E-state index contributed by atoms with van der Waals surface area (Å²) >= 11 is 0. The molecule has 3 aromatic rings. The van der Waals surface area contributed by atoms with E-state index in [0.717, 1.165) is 11.6 Å². The molecule has 1 aliphatic rings. The molecule has 0 radical (unpaired) electrons. The maximum atomic E-state index is 12.9. The predicted octanol–water partition coefficient (Wildman–Crippen LogP) is 2.76. The van der Waals surface area contributed by atoms with E-state index < -0.39 is 27.2 Å². The van der Waals surface area contributed by atoms with Crippen molar-refractivity contribution >= 4 is 38.4 Å². The van der Waals surface area contributed by atoms with Crippen LogP contribution < -0.4 is 5.23 Å². The van der Waals surface area contributed by atoms with Crippen LogP contribution in [0.25, 0.3) is 10.8 Å². The molecule has 0 fully saturated rings. The molecular formula is C19H13N2O7S-. The minimum absolute atomic E-state index is 0.0261. The third-order valence-electron chi connectivity index (χ3n) is 4.49. The predicted molar refractivity (Wildman–Crippen MR) is 102 cm³/mol. The van der Waals surface area contributed by atoms with Gasteiger partial charge in [-0.2, -0.15) is 8.42 Å². The van der Waals surface area contributed by atoms with E-state index in [9.17, 15) is 28.4 Å². The largest absolute Gasteiger partial charge is 0.733 e. The van der Waals surface area contributed by atoms with E-state index in [1.807, 2.05) is 0 Å². The van der Waals surface area contributed by atoms with Crippen molar-refractivity contribution in [3.05, 3.63) is 76.5 Å². The van der Waals surface area contributed by atoms with E-state index in [2.05, 4.69) is 0 Å². The lowest BCUT2D eigenvalue weighted by Gasteiger charge is -2.28. The lowest BCUT2D eigenvalue weighted by atomic mass is 9.94. The van der Waals surface area contributed by atoms with Gasteiger partial charge in [0, 0.05) is 5.39 Å². The molecule has 0 saturated carbocycles. The highest BCUT2D eigenvalue weighted by Crippen LogP contribution is 2.34. The molecule has 2 amide bonds. The second-order valence-electron chi connectivity index (χ2n) is 6.42. The van der Waals surface area contributed by atoms with Gasteiger partial charge in [-0.3, -0.25) is 14.8 Å². The Morgan fingerprint density at radius 3 is 2.31 bits per heavy atom. The SMILES string of the molecule is Cc1ccc(S(=O)(=O)ON2C(=O)c3cccc4cc(N([O-])O)cc(c34)C2=O)cc1. The monoisotopic (exact) mass is 413 g/mol. The molecule has 9 nitrogen and oxygen atoms in total. The highest BCUT2D eigenvalue weighted by Gasteiger charge is 2.38. The average Bonchev–Trinajstić information content (AvgIpc) is 2.69. The van der Waals surface area contributed by atoms with Crippen LogP contribution in [-0.4, -0.2) is 30.5 Å². The standard InChI is InChI=1S/C19H13N2O7S/c1-11-5-7-14(8-6-11)29(26,27)28-20-18(22)15-4-2-3-12-9-13(21(24)25)10-16(17(12)15)19(20)23/h2-10,24H,1H3/q-1. The normalized spacial score (nSPS) is 13.8. The molecule has 1 aliphatic heterocycles. The Morgan fingerprint density at radius 2 is 1.66 bits per heavy atom. The van der Waals surface area contributed by atoms with Crippen LogP contribution in [0.1, 0.15) is 26.3 Å². The van der Waals surface area contributed by atoms with Crippen molar-refractivity contribution in [3.63, 3.8) is 0 Å². The Labute approximate surface area is 165 Å². The molecule has 0 spiro atoms. The van der Waals surface area contributed by atoms with E-state index >= 15 is 0 Å². The molecule has 0 unspecified atom stereocenters. The molecule has 0 aromatic heterocycles. The Balaban J connectivity index is 1.82. The zero-order chi connectivity index (χ0) is 20.9. The van der Waals surface area contributed by atoms with Crippen LogP contribution in [0, 0.1) is 12.1 Å². The second-order valence-corrected chi connectivity index (χ2v) is 7.95. The first-order valence-corrected chi connectivity index (χ1v) is 9.73. The molecule has 0 bridgehead atoms. The molecule has 3 aromatic carbocycles. The lowest BCUT2D eigenvalue weighted by Crippen LogP contribution is -2.41. The number of benzene rings is 3. The zero-order valence-electron chi connectivity index (χ0n) is 14.9. The summed E-state index contributed by atoms with van der Waals surface area (Å²) in [4.78, 5) is 25.4. The highest BCUT2D eigenvalue weighted by molar-refractivity contribution is 7.86. The Hall–Kier alpha value is -3.31. The molecule has 0 saturated heterocycles. The van der Waals surface area contributed by atoms with Gasteiger partial charge in [-0.15, -0.1) is 9.35 Å². The van der Waals surface area contributed by atoms with Crippen LogP contribution in [0.15, 0.2) is 59.5 Å². The first-order chi connectivity index (χ1) is 13.7. The van der Waals surface area contributed by atoms with E-state index in [-0.39, 0.29) is 32.2 Å². The summed E-state index contributed by atoms with van der Waals surface area (Å²) in [6, 6.07) is 12.5. The van der Waals surface area contributed by atoms with Crippen LogP contribution in [0.5, 0.6) is 0 Å². The number of aryl methyl sites for hydroxylation is 1. The number of hydrogen-bond acceptors (Lipinski definition) is 8. The van der Waals surface area contributed by atoms with Gasteiger partial charge in [0.25, 0.3) is 11.8 Å². The molecule has 0 atom stereocenters. The van der Waals surface area contributed by atoms with Gasteiger partial charge in [0.2, 0.25) is 0 Å². The van der Waals surface area contributed by atoms with E-state index in [0.29, 0.717) is 5.39 Å². The fourth-order valence-corrected chi connectivity index (χ4v) is 3.98. The van der Waals surface area contributed by atoms with Gasteiger partial charge in [0.1, 0.15) is 0 Å². The van der Waals surface area contributed by atoms with Crippen LogP contribution in [0.4, 0.5) is 5.69 Å². The molecule has 1 N–H and O–H groups in total. The van der Waals surface area contributed by atoms with Gasteiger partial charge in [0.05, 0.1) is 21.7 Å². The maximum Gasteiger partial charge on any atom is 0.318 e. The summed E-state index contributed by atoms with van der Waals surface area (Å²) in [5.74, 6) is -2.03. The van der Waals surface area contributed by atoms with Crippen molar-refractivity contribution in [2.45, 2.75) is 11.8 Å². The molecular weight excluding hydrogens is 400 g/mol. The average molecular weight is 413 g/mol. The van der Waals surface area contributed by atoms with Gasteiger partial charge in [-0.1, -0.05) is 29.8 Å². The number of hydrogen-bond donors (Lipinski definition) is 1. The second kappa shape index (κ2) is 6.64. The number of carbonyl (C=O) groups is 2. The smallest absolute Gasteiger partial charge is 0.318 e. The number of rotatable bonds is 4. The summed E-state index contributed by atoms with van der Waals surface area (Å²) in [6.07, 6.45) is 0. The van der Waals surface area contributed by atoms with Crippen molar-refractivity contribution in [1.29, 1.82) is 0 Å². The molecule has 4 rings (SSSR count). The van der Waals surface area contributed by atoms with Crippen LogP contribution >= 0.6 is 0 Å². The molecule has 1 heterocycles. The fraction of sp³-hybridized carbons (Fsp3) is 0.0526. The van der Waals surface area contributed by atoms with Crippen LogP contribution in [0.2, 0.25) is 0 Å². The number of anilines is 1. The number of imide groups is 1. The first kappa shape index (κ1) is 19.0. The Morgan fingerprint density at radius 1 is 1.00 bits per heavy atom. The lowest BCUT2D eigenvalue weighted by molar-refractivity contribution is -0.0155. The minimum atomic E-state index is -4.48.